The molecule has 3 N–H and O–H groups in total. The first-order valence-electron chi connectivity index (χ1n) is 7.07. The summed E-state index contributed by atoms with van der Waals surface area (Å²) in [6.45, 7) is 1.77. The van der Waals surface area contributed by atoms with Gasteiger partial charge in [-0.3, -0.25) is 4.79 Å². The Bertz CT molecular complexity index is 896. The number of rotatable bonds is 2. The Kier molecular flexibility index (Phi) is 2.90. The first kappa shape index (κ1) is 13.3. The quantitative estimate of drug-likeness (QED) is 0.758. The lowest BCUT2D eigenvalue weighted by Crippen LogP contribution is -2.12. The summed E-state index contributed by atoms with van der Waals surface area (Å²) in [5, 5.41) is 7.32. The van der Waals surface area contributed by atoms with E-state index in [2.05, 4.69) is 21.5 Å². The van der Waals surface area contributed by atoms with Crippen molar-refractivity contribution in [3.05, 3.63) is 34.0 Å². The van der Waals surface area contributed by atoms with Crippen molar-refractivity contribution >= 4 is 39.0 Å². The first-order valence-corrected chi connectivity index (χ1v) is 7.89. The third-order valence-corrected chi connectivity index (χ3v) is 4.94. The maximum Gasteiger partial charge on any atom is 0.269 e. The number of anilines is 2. The van der Waals surface area contributed by atoms with E-state index in [9.17, 15) is 4.79 Å². The second kappa shape index (κ2) is 4.81. The Labute approximate surface area is 130 Å². The second-order valence-corrected chi connectivity index (χ2v) is 6.42. The molecule has 0 atom stereocenters. The van der Waals surface area contributed by atoms with Crippen LogP contribution in [0.1, 0.15) is 33.1 Å². The van der Waals surface area contributed by atoms with Crippen molar-refractivity contribution in [1.82, 2.24) is 10.1 Å². The van der Waals surface area contributed by atoms with Gasteiger partial charge >= 0.3 is 0 Å². The van der Waals surface area contributed by atoms with Gasteiger partial charge in [0.1, 0.15) is 15.5 Å². The van der Waals surface area contributed by atoms with E-state index in [1.807, 2.05) is 0 Å². The fraction of sp³-hybridized carbons (Fsp3) is 0.267. The van der Waals surface area contributed by atoms with Gasteiger partial charge in [-0.15, -0.1) is 11.3 Å². The van der Waals surface area contributed by atoms with E-state index < -0.39 is 0 Å². The predicted octanol–water partition coefficient (Wildman–Crippen LogP) is 2.92. The highest BCUT2D eigenvalue weighted by molar-refractivity contribution is 7.21. The van der Waals surface area contributed by atoms with Crippen LogP contribution in [0.3, 0.4) is 0 Å². The number of carbonyl (C=O) groups excluding carboxylic acids is 1. The largest absolute Gasteiger partial charge is 0.397 e. The monoisotopic (exact) mass is 314 g/mol. The molecule has 0 aromatic carbocycles. The number of pyridine rings is 1. The minimum absolute atomic E-state index is 0.283. The summed E-state index contributed by atoms with van der Waals surface area (Å²) in [6, 6.07) is 3.74. The van der Waals surface area contributed by atoms with Gasteiger partial charge in [0.05, 0.1) is 5.69 Å². The normalized spacial score (nSPS) is 13.5. The van der Waals surface area contributed by atoms with Crippen molar-refractivity contribution in [2.45, 2.75) is 26.2 Å². The lowest BCUT2D eigenvalue weighted by Gasteiger charge is -2.00. The Morgan fingerprint density at radius 1 is 1.41 bits per heavy atom. The average Bonchev–Trinajstić information content (AvgIpc) is 3.17. The van der Waals surface area contributed by atoms with Gasteiger partial charge in [-0.1, -0.05) is 5.16 Å². The van der Waals surface area contributed by atoms with Crippen LogP contribution in [0.15, 0.2) is 16.7 Å². The van der Waals surface area contributed by atoms with Gasteiger partial charge < -0.3 is 15.6 Å². The van der Waals surface area contributed by atoms with E-state index in [1.54, 1.807) is 13.0 Å². The molecule has 0 fully saturated rings. The van der Waals surface area contributed by atoms with E-state index in [4.69, 9.17) is 10.3 Å². The molecule has 0 radical (unpaired) electrons. The summed E-state index contributed by atoms with van der Waals surface area (Å²) < 4.78 is 4.94. The van der Waals surface area contributed by atoms with Crippen LogP contribution < -0.4 is 11.1 Å². The third-order valence-electron chi connectivity index (χ3n) is 3.83. The summed E-state index contributed by atoms with van der Waals surface area (Å²) in [4.78, 5) is 18.3. The maximum atomic E-state index is 12.4. The number of carbonyl (C=O) groups is 1. The zero-order valence-electron chi connectivity index (χ0n) is 12.0. The highest BCUT2D eigenvalue weighted by atomic mass is 32.1. The van der Waals surface area contributed by atoms with Gasteiger partial charge in [0.25, 0.3) is 5.91 Å². The SMILES string of the molecule is Cc1cc(NC(=O)c2sc3nc4c(cc3c2N)CCC4)no1. The molecule has 3 aromatic rings. The topological polar surface area (TPSA) is 94.0 Å². The molecular weight excluding hydrogens is 300 g/mol. The van der Waals surface area contributed by atoms with Crippen molar-refractivity contribution in [3.8, 4) is 0 Å². The number of thiophene rings is 1. The molecule has 3 heterocycles. The Morgan fingerprint density at radius 2 is 2.27 bits per heavy atom. The maximum absolute atomic E-state index is 12.4. The zero-order chi connectivity index (χ0) is 15.3. The van der Waals surface area contributed by atoms with Crippen molar-refractivity contribution in [2.75, 3.05) is 11.1 Å². The second-order valence-electron chi connectivity index (χ2n) is 5.42. The summed E-state index contributed by atoms with van der Waals surface area (Å²) >= 11 is 1.32. The molecule has 3 aromatic heterocycles. The van der Waals surface area contributed by atoms with Crippen molar-refractivity contribution in [2.24, 2.45) is 0 Å². The molecule has 0 saturated heterocycles. The fourth-order valence-corrected chi connectivity index (χ4v) is 3.76. The minimum atomic E-state index is -0.283. The van der Waals surface area contributed by atoms with Crippen LogP contribution in [-0.2, 0) is 12.8 Å². The van der Waals surface area contributed by atoms with Gasteiger partial charge in [-0.2, -0.15) is 0 Å². The van der Waals surface area contributed by atoms with E-state index in [0.717, 1.165) is 35.2 Å². The van der Waals surface area contributed by atoms with E-state index in [1.165, 1.54) is 16.9 Å². The van der Waals surface area contributed by atoms with E-state index >= 15 is 0 Å². The third kappa shape index (κ3) is 2.05. The summed E-state index contributed by atoms with van der Waals surface area (Å²) in [5.74, 6) is 0.737. The molecule has 0 saturated carbocycles. The molecule has 22 heavy (non-hydrogen) atoms. The average molecular weight is 314 g/mol. The van der Waals surface area contributed by atoms with Crippen LogP contribution in [0.2, 0.25) is 0 Å². The van der Waals surface area contributed by atoms with Crippen molar-refractivity contribution < 1.29 is 9.32 Å². The molecule has 1 aliphatic rings. The molecule has 0 aliphatic heterocycles. The lowest BCUT2D eigenvalue weighted by molar-refractivity contribution is 0.103. The zero-order valence-corrected chi connectivity index (χ0v) is 12.8. The summed E-state index contributed by atoms with van der Waals surface area (Å²) in [5.41, 5.74) is 9.02. The van der Waals surface area contributed by atoms with Gasteiger partial charge in [-0.05, 0) is 37.8 Å². The number of nitrogens with two attached hydrogens (primary N) is 1. The molecule has 1 aliphatic carbocycles. The number of hydrogen-bond acceptors (Lipinski definition) is 6. The molecule has 0 bridgehead atoms. The first-order chi connectivity index (χ1) is 10.6. The van der Waals surface area contributed by atoms with Crippen LogP contribution in [0.4, 0.5) is 11.5 Å². The Morgan fingerprint density at radius 3 is 3.05 bits per heavy atom. The molecule has 112 valence electrons. The Hall–Kier alpha value is -2.41. The number of nitrogens with one attached hydrogen (secondary N) is 1. The molecule has 4 rings (SSSR count). The van der Waals surface area contributed by atoms with Crippen LogP contribution in [-0.4, -0.2) is 16.0 Å². The van der Waals surface area contributed by atoms with Crippen LogP contribution >= 0.6 is 11.3 Å². The van der Waals surface area contributed by atoms with Gasteiger partial charge in [0.2, 0.25) is 0 Å². The number of aromatic nitrogens is 2. The fourth-order valence-electron chi connectivity index (χ4n) is 2.76. The number of nitrogen functional groups attached to an aromatic ring is 1. The Balaban J connectivity index is 1.72. The van der Waals surface area contributed by atoms with Crippen LogP contribution in [0, 0.1) is 6.92 Å². The molecule has 1 amide bonds. The predicted molar refractivity (Wildman–Crippen MR) is 85.3 cm³/mol. The molecule has 6 nitrogen and oxygen atoms in total. The number of fused-ring (bicyclic) bond motifs is 2. The highest BCUT2D eigenvalue weighted by Gasteiger charge is 2.21. The van der Waals surface area contributed by atoms with Gasteiger partial charge in [0, 0.05) is 17.1 Å². The minimum Gasteiger partial charge on any atom is -0.397 e. The number of amides is 1. The number of nitrogens with zero attached hydrogens (tertiary/aromatic N) is 2. The molecule has 0 unspecified atom stereocenters. The highest BCUT2D eigenvalue weighted by Crippen LogP contribution is 2.36. The lowest BCUT2D eigenvalue weighted by atomic mass is 10.1. The van der Waals surface area contributed by atoms with Crippen LogP contribution in [0.5, 0.6) is 0 Å². The van der Waals surface area contributed by atoms with E-state index in [0.29, 0.717) is 22.1 Å². The smallest absolute Gasteiger partial charge is 0.269 e. The molecule has 7 heteroatoms. The number of aryl methyl sites for hydroxylation is 3. The van der Waals surface area contributed by atoms with Gasteiger partial charge in [0.15, 0.2) is 5.82 Å². The molecular formula is C15H14N4O2S. The van der Waals surface area contributed by atoms with Crippen molar-refractivity contribution in [3.63, 3.8) is 0 Å². The van der Waals surface area contributed by atoms with Gasteiger partial charge in [-0.25, -0.2) is 4.98 Å². The summed E-state index contributed by atoms with van der Waals surface area (Å²) in [7, 11) is 0. The standard InChI is InChI=1S/C15H14N4O2S/c1-7-5-11(19-21-7)18-14(20)13-12(16)9-6-8-3-2-4-10(8)17-15(9)22-13/h5-6H,2-4,16H2,1H3,(H,18,19,20). The van der Waals surface area contributed by atoms with E-state index in [-0.39, 0.29) is 5.91 Å². The molecule has 0 spiro atoms. The summed E-state index contributed by atoms with van der Waals surface area (Å²) in [6.07, 6.45) is 3.18. The number of hydrogen-bond donors (Lipinski definition) is 2. The van der Waals surface area contributed by atoms with Crippen LogP contribution in [0.25, 0.3) is 10.2 Å². The van der Waals surface area contributed by atoms with Crippen molar-refractivity contribution in [1.29, 1.82) is 0 Å².